The molecule has 0 fully saturated rings. The molecule has 0 saturated heterocycles. The van der Waals surface area contributed by atoms with Crippen LogP contribution in [0.2, 0.25) is 0 Å². The van der Waals surface area contributed by atoms with Gasteiger partial charge in [-0.3, -0.25) is 9.59 Å². The Kier molecular flexibility index (Phi) is 8.96. The van der Waals surface area contributed by atoms with Crippen molar-refractivity contribution in [3.05, 3.63) is 95.6 Å². The number of rotatable bonds is 10. The second kappa shape index (κ2) is 12.1. The zero-order valence-electron chi connectivity index (χ0n) is 19.6. The molecule has 3 aromatic rings. The largest absolute Gasteiger partial charge is 0.380 e. The van der Waals surface area contributed by atoms with Gasteiger partial charge in [-0.05, 0) is 40.7 Å². The summed E-state index contributed by atoms with van der Waals surface area (Å²) >= 11 is 0. The summed E-state index contributed by atoms with van der Waals surface area (Å²) in [4.78, 5) is 26.1. The number of likely N-dealkylation sites (N-methyl/N-ethyl adjacent to an activating group) is 1. The summed E-state index contributed by atoms with van der Waals surface area (Å²) in [6.45, 7) is 2.66. The number of aryl methyl sites for hydroxylation is 1. The minimum absolute atomic E-state index is 0.177. The summed E-state index contributed by atoms with van der Waals surface area (Å²) in [5.74, 6) is -1.49. The Morgan fingerprint density at radius 2 is 1.50 bits per heavy atom. The van der Waals surface area contributed by atoms with Crippen LogP contribution in [0.4, 0.5) is 0 Å². The third kappa shape index (κ3) is 6.53. The van der Waals surface area contributed by atoms with Crippen LogP contribution in [0.1, 0.15) is 23.6 Å². The first-order chi connectivity index (χ1) is 16.4. The van der Waals surface area contributed by atoms with Gasteiger partial charge in [0.2, 0.25) is 0 Å². The molecule has 0 aliphatic rings. The lowest BCUT2D eigenvalue weighted by molar-refractivity contribution is -0.152. The number of hydrogen-bond donors (Lipinski definition) is 3. The molecule has 3 N–H and O–H groups in total. The van der Waals surface area contributed by atoms with E-state index in [0.29, 0.717) is 13.0 Å². The van der Waals surface area contributed by atoms with Gasteiger partial charge in [-0.1, -0.05) is 85.8 Å². The predicted octanol–water partition coefficient (Wildman–Crippen LogP) is 2.96. The Bertz CT molecular complexity index is 1080. The Morgan fingerprint density at radius 1 is 0.853 bits per heavy atom. The molecule has 0 bridgehead atoms. The van der Waals surface area contributed by atoms with Gasteiger partial charge in [-0.2, -0.15) is 0 Å². The quantitative estimate of drug-likeness (QED) is 0.434. The summed E-state index contributed by atoms with van der Waals surface area (Å²) in [6.07, 6.45) is -2.12. The van der Waals surface area contributed by atoms with Crippen molar-refractivity contribution >= 4 is 11.8 Å². The van der Waals surface area contributed by atoms with E-state index in [9.17, 15) is 19.8 Å². The highest BCUT2D eigenvalue weighted by Gasteiger charge is 2.32. The highest BCUT2D eigenvalue weighted by Crippen LogP contribution is 2.24. The van der Waals surface area contributed by atoms with E-state index in [2.05, 4.69) is 24.4 Å². The van der Waals surface area contributed by atoms with Gasteiger partial charge in [0.05, 0.1) is 0 Å². The highest BCUT2D eigenvalue weighted by molar-refractivity contribution is 5.90. The highest BCUT2D eigenvalue weighted by atomic mass is 16.3. The lowest BCUT2D eigenvalue weighted by Crippen LogP contribution is -2.50. The molecule has 0 aliphatic carbocycles. The maximum absolute atomic E-state index is 12.4. The lowest BCUT2D eigenvalue weighted by atomic mass is 9.97. The van der Waals surface area contributed by atoms with E-state index in [1.54, 1.807) is 0 Å². The molecule has 6 heteroatoms. The monoisotopic (exact) mass is 460 g/mol. The number of aliphatic hydroxyl groups excluding tert-OH is 2. The summed E-state index contributed by atoms with van der Waals surface area (Å²) in [6, 6.07) is 25.7. The van der Waals surface area contributed by atoms with Gasteiger partial charge in [-0.25, -0.2) is 0 Å². The molecule has 2 amide bonds. The Morgan fingerprint density at radius 3 is 2.18 bits per heavy atom. The van der Waals surface area contributed by atoms with Crippen LogP contribution in [0.5, 0.6) is 0 Å². The first kappa shape index (κ1) is 25.1. The van der Waals surface area contributed by atoms with Crippen molar-refractivity contribution < 1.29 is 19.8 Å². The van der Waals surface area contributed by atoms with Crippen LogP contribution in [-0.4, -0.2) is 52.7 Å². The molecule has 3 aromatic carbocycles. The Labute approximate surface area is 200 Å². The van der Waals surface area contributed by atoms with Gasteiger partial charge in [0.1, 0.15) is 0 Å². The van der Waals surface area contributed by atoms with Crippen LogP contribution < -0.4 is 5.32 Å². The van der Waals surface area contributed by atoms with E-state index in [0.717, 1.165) is 23.1 Å². The smallest absolute Gasteiger partial charge is 0.254 e. The van der Waals surface area contributed by atoms with E-state index in [-0.39, 0.29) is 6.54 Å². The second-order valence-electron chi connectivity index (χ2n) is 8.31. The van der Waals surface area contributed by atoms with Crippen LogP contribution in [0.25, 0.3) is 11.1 Å². The van der Waals surface area contributed by atoms with Crippen LogP contribution in [0.3, 0.4) is 0 Å². The van der Waals surface area contributed by atoms with Crippen molar-refractivity contribution in [3.63, 3.8) is 0 Å². The standard InChI is InChI=1S/C28H32N2O4/c1-3-22-11-7-8-12-24(22)23-15-13-21(14-16-23)19-29-27(33)25(31)26(32)28(34)30(2)18-17-20-9-5-4-6-10-20/h4-16,25-26,31-32H,3,17-19H2,1-2H3,(H,29,33). The van der Waals surface area contributed by atoms with Crippen LogP contribution in [0.15, 0.2) is 78.9 Å². The van der Waals surface area contributed by atoms with E-state index in [4.69, 9.17) is 0 Å². The number of carbonyl (C=O) groups excluding carboxylic acids is 2. The average Bonchev–Trinajstić information content (AvgIpc) is 2.89. The van der Waals surface area contributed by atoms with Gasteiger partial charge in [0.15, 0.2) is 12.2 Å². The van der Waals surface area contributed by atoms with Crippen molar-refractivity contribution in [2.45, 2.75) is 38.5 Å². The molecule has 0 spiro atoms. The van der Waals surface area contributed by atoms with E-state index in [1.165, 1.54) is 23.1 Å². The molecule has 2 atom stereocenters. The van der Waals surface area contributed by atoms with Crippen LogP contribution in [-0.2, 0) is 29.0 Å². The number of amides is 2. The van der Waals surface area contributed by atoms with E-state index < -0.39 is 24.0 Å². The topological polar surface area (TPSA) is 89.9 Å². The third-order valence-corrected chi connectivity index (χ3v) is 5.91. The molecule has 0 saturated carbocycles. The van der Waals surface area contributed by atoms with Gasteiger partial charge in [0.25, 0.3) is 11.8 Å². The SMILES string of the molecule is CCc1ccccc1-c1ccc(CNC(=O)C(O)C(O)C(=O)N(C)CCc2ccccc2)cc1. The molecule has 3 rings (SSSR count). The van der Waals surface area contributed by atoms with Crippen molar-refractivity contribution in [1.29, 1.82) is 0 Å². The number of nitrogens with zero attached hydrogens (tertiary/aromatic N) is 1. The van der Waals surface area contributed by atoms with Gasteiger partial charge >= 0.3 is 0 Å². The van der Waals surface area contributed by atoms with E-state index >= 15 is 0 Å². The molecular formula is C28H32N2O4. The summed E-state index contributed by atoms with van der Waals surface area (Å²) in [7, 11) is 1.54. The molecule has 178 valence electrons. The van der Waals surface area contributed by atoms with Gasteiger partial charge in [-0.15, -0.1) is 0 Å². The van der Waals surface area contributed by atoms with Crippen LogP contribution in [0, 0.1) is 0 Å². The fraction of sp³-hybridized carbons (Fsp3) is 0.286. The molecule has 2 unspecified atom stereocenters. The summed E-state index contributed by atoms with van der Waals surface area (Å²) in [5, 5.41) is 23.0. The minimum atomic E-state index is -1.85. The molecular weight excluding hydrogens is 428 g/mol. The molecule has 34 heavy (non-hydrogen) atoms. The average molecular weight is 461 g/mol. The Balaban J connectivity index is 1.51. The Hall–Kier alpha value is -3.48. The van der Waals surface area contributed by atoms with Crippen molar-refractivity contribution in [2.24, 2.45) is 0 Å². The summed E-state index contributed by atoms with van der Waals surface area (Å²) < 4.78 is 0. The normalized spacial score (nSPS) is 12.6. The third-order valence-electron chi connectivity index (χ3n) is 5.91. The maximum atomic E-state index is 12.4. The van der Waals surface area contributed by atoms with Crippen molar-refractivity contribution in [1.82, 2.24) is 10.2 Å². The first-order valence-electron chi connectivity index (χ1n) is 11.5. The first-order valence-corrected chi connectivity index (χ1v) is 11.5. The predicted molar refractivity (Wildman–Crippen MR) is 133 cm³/mol. The number of benzene rings is 3. The molecule has 0 radical (unpaired) electrons. The molecule has 0 aliphatic heterocycles. The zero-order valence-corrected chi connectivity index (χ0v) is 19.6. The number of aliphatic hydroxyl groups is 2. The van der Waals surface area contributed by atoms with E-state index in [1.807, 2.05) is 66.7 Å². The second-order valence-corrected chi connectivity index (χ2v) is 8.31. The van der Waals surface area contributed by atoms with Crippen LogP contribution >= 0.6 is 0 Å². The fourth-order valence-electron chi connectivity index (χ4n) is 3.76. The molecule has 6 nitrogen and oxygen atoms in total. The minimum Gasteiger partial charge on any atom is -0.380 e. The fourth-order valence-corrected chi connectivity index (χ4v) is 3.76. The van der Waals surface area contributed by atoms with Crippen molar-refractivity contribution in [3.8, 4) is 11.1 Å². The number of nitrogens with one attached hydrogen (secondary N) is 1. The van der Waals surface area contributed by atoms with Gasteiger partial charge in [0, 0.05) is 20.1 Å². The lowest BCUT2D eigenvalue weighted by Gasteiger charge is -2.23. The zero-order chi connectivity index (χ0) is 24.5. The number of carbonyl (C=O) groups is 2. The van der Waals surface area contributed by atoms with Crippen molar-refractivity contribution in [2.75, 3.05) is 13.6 Å². The summed E-state index contributed by atoms with van der Waals surface area (Å²) in [5.41, 5.74) is 5.43. The molecule has 0 aromatic heterocycles. The van der Waals surface area contributed by atoms with Gasteiger partial charge < -0.3 is 20.4 Å². The number of hydrogen-bond acceptors (Lipinski definition) is 4. The maximum Gasteiger partial charge on any atom is 0.254 e. The molecule has 0 heterocycles.